The molecule has 0 bridgehead atoms. The van der Waals surface area contributed by atoms with Crippen LogP contribution in [-0.4, -0.2) is 23.6 Å². The molecule has 0 heterocycles. The molecule has 0 aromatic rings. The van der Waals surface area contributed by atoms with Gasteiger partial charge in [-0.25, -0.2) is 9.18 Å². The van der Waals surface area contributed by atoms with Gasteiger partial charge in [-0.3, -0.25) is 0 Å². The highest BCUT2D eigenvalue weighted by atomic mass is 79.9. The van der Waals surface area contributed by atoms with E-state index in [-0.39, 0.29) is 6.54 Å². The molecule has 14 heavy (non-hydrogen) atoms. The number of ether oxygens (including phenoxy) is 1. The Hall–Kier alpha value is -0.580. The van der Waals surface area contributed by atoms with Crippen LogP contribution in [0.1, 0.15) is 20.8 Å². The lowest BCUT2D eigenvalue weighted by molar-refractivity contribution is 0.0530. The van der Waals surface area contributed by atoms with Gasteiger partial charge in [-0.15, -0.1) is 0 Å². The number of nitrogens with one attached hydrogen (secondary N) is 1. The Morgan fingerprint density at radius 2 is 2.14 bits per heavy atom. The van der Waals surface area contributed by atoms with E-state index in [2.05, 4.69) is 21.2 Å². The minimum Gasteiger partial charge on any atom is -0.444 e. The Bertz CT molecular complexity index is 223. The van der Waals surface area contributed by atoms with Gasteiger partial charge in [0.15, 0.2) is 0 Å². The normalized spacial score (nSPS) is 12.5. The number of allylic oxidation sites excluding steroid dienone is 1. The SMILES string of the molecule is CC(C)(C)OC(=O)NC/C(F)=C/CBr. The molecule has 0 fully saturated rings. The standard InChI is InChI=1S/C9H15BrFNO2/c1-9(2,3)14-8(13)12-6-7(11)4-5-10/h4H,5-6H2,1-3H3,(H,12,13)/b7-4-. The van der Waals surface area contributed by atoms with Gasteiger partial charge in [0.25, 0.3) is 0 Å². The number of alkyl carbamates (subject to hydrolysis) is 1. The van der Waals surface area contributed by atoms with Gasteiger partial charge in [-0.1, -0.05) is 15.9 Å². The molecule has 0 unspecified atom stereocenters. The van der Waals surface area contributed by atoms with Crippen LogP contribution in [0.4, 0.5) is 9.18 Å². The van der Waals surface area contributed by atoms with Crippen LogP contribution < -0.4 is 5.32 Å². The Labute approximate surface area is 91.8 Å². The largest absolute Gasteiger partial charge is 0.444 e. The van der Waals surface area contributed by atoms with Gasteiger partial charge < -0.3 is 10.1 Å². The highest BCUT2D eigenvalue weighted by molar-refractivity contribution is 9.09. The monoisotopic (exact) mass is 267 g/mol. The van der Waals surface area contributed by atoms with E-state index >= 15 is 0 Å². The molecular formula is C9H15BrFNO2. The molecule has 1 N–H and O–H groups in total. The first-order chi connectivity index (χ1) is 6.35. The summed E-state index contributed by atoms with van der Waals surface area (Å²) in [5, 5.41) is 2.72. The van der Waals surface area contributed by atoms with E-state index in [0.29, 0.717) is 5.33 Å². The fourth-order valence-electron chi connectivity index (χ4n) is 0.627. The van der Waals surface area contributed by atoms with Gasteiger partial charge in [0.1, 0.15) is 11.4 Å². The first-order valence-corrected chi connectivity index (χ1v) is 5.34. The number of rotatable bonds is 3. The quantitative estimate of drug-likeness (QED) is 0.799. The van der Waals surface area contributed by atoms with Crippen LogP contribution in [-0.2, 0) is 4.74 Å². The average molecular weight is 268 g/mol. The molecule has 0 saturated heterocycles. The minimum absolute atomic E-state index is 0.138. The lowest BCUT2D eigenvalue weighted by atomic mass is 10.2. The molecule has 0 saturated carbocycles. The van der Waals surface area contributed by atoms with Gasteiger partial charge in [0.05, 0.1) is 6.54 Å². The highest BCUT2D eigenvalue weighted by Crippen LogP contribution is 2.06. The van der Waals surface area contributed by atoms with Gasteiger partial charge in [-0.05, 0) is 26.8 Å². The maximum absolute atomic E-state index is 12.8. The number of hydrogen-bond acceptors (Lipinski definition) is 2. The second-order valence-corrected chi connectivity index (χ2v) is 4.31. The third-order valence-corrected chi connectivity index (χ3v) is 1.42. The molecule has 1 amide bonds. The maximum Gasteiger partial charge on any atom is 0.408 e. The maximum atomic E-state index is 12.8. The molecule has 0 aliphatic rings. The Balaban J connectivity index is 3.81. The summed E-state index contributed by atoms with van der Waals surface area (Å²) in [5.41, 5.74) is -0.556. The van der Waals surface area contributed by atoms with Crippen LogP contribution in [0.3, 0.4) is 0 Å². The van der Waals surface area contributed by atoms with Crippen LogP contribution in [0.25, 0.3) is 0 Å². The first kappa shape index (κ1) is 13.4. The van der Waals surface area contributed by atoms with Crippen LogP contribution in [0.2, 0.25) is 0 Å². The van der Waals surface area contributed by atoms with Crippen molar-refractivity contribution in [2.75, 3.05) is 11.9 Å². The zero-order valence-corrected chi connectivity index (χ0v) is 10.1. The summed E-state index contributed by atoms with van der Waals surface area (Å²) in [6, 6.07) is 0. The summed E-state index contributed by atoms with van der Waals surface area (Å²) < 4.78 is 17.7. The molecule has 0 aromatic carbocycles. The van der Waals surface area contributed by atoms with Gasteiger partial charge in [0.2, 0.25) is 0 Å². The van der Waals surface area contributed by atoms with Crippen molar-refractivity contribution >= 4 is 22.0 Å². The fraction of sp³-hybridized carbons (Fsp3) is 0.667. The Morgan fingerprint density at radius 1 is 1.57 bits per heavy atom. The molecule has 0 aliphatic heterocycles. The minimum atomic E-state index is -0.615. The third-order valence-electron chi connectivity index (χ3n) is 1.10. The van der Waals surface area contributed by atoms with Gasteiger partial charge in [-0.2, -0.15) is 0 Å². The van der Waals surface area contributed by atoms with Crippen LogP contribution in [0.15, 0.2) is 11.9 Å². The van der Waals surface area contributed by atoms with Crippen molar-refractivity contribution in [1.29, 1.82) is 0 Å². The first-order valence-electron chi connectivity index (χ1n) is 4.22. The second-order valence-electron chi connectivity index (χ2n) is 3.66. The summed E-state index contributed by atoms with van der Waals surface area (Å²) in [6.07, 6.45) is 0.716. The molecule has 0 radical (unpaired) electrons. The molecule has 0 rings (SSSR count). The van der Waals surface area contributed by atoms with E-state index in [0.717, 1.165) is 0 Å². The fourth-order valence-corrected chi connectivity index (χ4v) is 0.978. The van der Waals surface area contributed by atoms with E-state index in [4.69, 9.17) is 4.74 Å². The van der Waals surface area contributed by atoms with Crippen LogP contribution in [0, 0.1) is 0 Å². The van der Waals surface area contributed by atoms with Crippen LogP contribution in [0.5, 0.6) is 0 Å². The van der Waals surface area contributed by atoms with Crippen LogP contribution >= 0.6 is 15.9 Å². The van der Waals surface area contributed by atoms with E-state index in [1.54, 1.807) is 20.8 Å². The molecule has 0 spiro atoms. The van der Waals surface area contributed by atoms with Crippen molar-refractivity contribution in [3.05, 3.63) is 11.9 Å². The van der Waals surface area contributed by atoms with Crippen molar-refractivity contribution in [2.45, 2.75) is 26.4 Å². The van der Waals surface area contributed by atoms with Crippen molar-refractivity contribution in [3.63, 3.8) is 0 Å². The summed E-state index contributed by atoms with van der Waals surface area (Å²) in [7, 11) is 0. The Kier molecular flexibility index (Phi) is 5.76. The zero-order chi connectivity index (χ0) is 11.2. The number of hydrogen-bond donors (Lipinski definition) is 1. The Morgan fingerprint density at radius 3 is 2.57 bits per heavy atom. The lowest BCUT2D eigenvalue weighted by Crippen LogP contribution is -2.33. The summed E-state index contributed by atoms with van der Waals surface area (Å²) in [5.74, 6) is -0.396. The summed E-state index contributed by atoms with van der Waals surface area (Å²) >= 11 is 3.05. The molecule has 0 aliphatic carbocycles. The van der Waals surface area contributed by atoms with Crippen molar-refractivity contribution in [2.24, 2.45) is 0 Å². The molecular weight excluding hydrogens is 253 g/mol. The molecule has 82 valence electrons. The smallest absolute Gasteiger partial charge is 0.408 e. The predicted molar refractivity (Wildman–Crippen MR) is 57.2 cm³/mol. The van der Waals surface area contributed by atoms with E-state index in [1.165, 1.54) is 6.08 Å². The van der Waals surface area contributed by atoms with Crippen molar-refractivity contribution < 1.29 is 13.9 Å². The lowest BCUT2D eigenvalue weighted by Gasteiger charge is -2.19. The van der Waals surface area contributed by atoms with Crippen molar-refractivity contribution in [1.82, 2.24) is 5.32 Å². The number of carbonyl (C=O) groups is 1. The number of halogens is 2. The second kappa shape index (κ2) is 6.01. The summed E-state index contributed by atoms with van der Waals surface area (Å²) in [4.78, 5) is 11.0. The topological polar surface area (TPSA) is 38.3 Å². The number of amides is 1. The molecule has 5 heteroatoms. The average Bonchev–Trinajstić information content (AvgIpc) is 1.98. The highest BCUT2D eigenvalue weighted by Gasteiger charge is 2.15. The molecule has 3 nitrogen and oxygen atoms in total. The summed E-state index contributed by atoms with van der Waals surface area (Å²) in [6.45, 7) is 5.10. The zero-order valence-electron chi connectivity index (χ0n) is 8.56. The third kappa shape index (κ3) is 8.04. The molecule has 0 atom stereocenters. The molecule has 0 aromatic heterocycles. The van der Waals surface area contributed by atoms with Crippen molar-refractivity contribution in [3.8, 4) is 0 Å². The van der Waals surface area contributed by atoms with E-state index in [1.807, 2.05) is 0 Å². The number of carbonyl (C=O) groups excluding carboxylic acids is 1. The number of alkyl halides is 1. The van der Waals surface area contributed by atoms with Gasteiger partial charge >= 0.3 is 6.09 Å². The van der Waals surface area contributed by atoms with E-state index < -0.39 is 17.5 Å². The predicted octanol–water partition coefficient (Wildman–Crippen LogP) is 2.76. The van der Waals surface area contributed by atoms with Gasteiger partial charge in [0, 0.05) is 5.33 Å². The van der Waals surface area contributed by atoms with E-state index in [9.17, 15) is 9.18 Å².